The molecule has 6 heteroatoms. The first-order valence-electron chi connectivity index (χ1n) is 8.66. The third kappa shape index (κ3) is 6.02. The van der Waals surface area contributed by atoms with Crippen LogP contribution in [0.2, 0.25) is 0 Å². The Labute approximate surface area is 160 Å². The highest BCUT2D eigenvalue weighted by molar-refractivity contribution is 5.93. The molecule has 0 saturated carbocycles. The summed E-state index contributed by atoms with van der Waals surface area (Å²) in [6.07, 6.45) is 2.38. The summed E-state index contributed by atoms with van der Waals surface area (Å²) < 4.78 is 11.4. The monoisotopic (exact) mass is 376 g/mol. The molecule has 1 heterocycles. The van der Waals surface area contributed by atoms with Crippen molar-refractivity contribution in [2.24, 2.45) is 0 Å². The van der Waals surface area contributed by atoms with Gasteiger partial charge < -0.3 is 20.1 Å². The standard InChI is InChI=1S/C20H24N2O3.ClH/c1-15-8-10-16(11-9-15)25-19-7-3-2-6-18(19)22-20(23)14-21-13-17-5-4-12-24-17;/h2-3,6-11,17,21H,4-5,12-14H2,1H3,(H,22,23);1H. The molecular formula is C20H25ClN2O3. The largest absolute Gasteiger partial charge is 0.455 e. The summed E-state index contributed by atoms with van der Waals surface area (Å²) in [6.45, 7) is 3.80. The van der Waals surface area contributed by atoms with Crippen LogP contribution in [0.5, 0.6) is 11.5 Å². The van der Waals surface area contributed by atoms with Gasteiger partial charge in [0.25, 0.3) is 0 Å². The fraction of sp³-hybridized carbons (Fsp3) is 0.350. The van der Waals surface area contributed by atoms with Crippen molar-refractivity contribution in [1.29, 1.82) is 0 Å². The Bertz CT molecular complexity index is 700. The Kier molecular flexibility index (Phi) is 7.91. The molecule has 0 aromatic heterocycles. The Morgan fingerprint density at radius 1 is 1.19 bits per heavy atom. The van der Waals surface area contributed by atoms with Crippen LogP contribution in [0.3, 0.4) is 0 Å². The van der Waals surface area contributed by atoms with Crippen LogP contribution in [0.1, 0.15) is 18.4 Å². The molecular weight excluding hydrogens is 352 g/mol. The predicted octanol–water partition coefficient (Wildman–Crippen LogP) is 3.92. The number of carbonyl (C=O) groups is 1. The third-order valence-electron chi connectivity index (χ3n) is 4.09. The van der Waals surface area contributed by atoms with Crippen LogP contribution in [0.25, 0.3) is 0 Å². The van der Waals surface area contributed by atoms with E-state index in [1.54, 1.807) is 0 Å². The topological polar surface area (TPSA) is 59.6 Å². The smallest absolute Gasteiger partial charge is 0.238 e. The summed E-state index contributed by atoms with van der Waals surface area (Å²) in [5.74, 6) is 1.26. The second-order valence-electron chi connectivity index (χ2n) is 6.23. The minimum Gasteiger partial charge on any atom is -0.455 e. The van der Waals surface area contributed by atoms with Crippen molar-refractivity contribution in [3.63, 3.8) is 0 Å². The summed E-state index contributed by atoms with van der Waals surface area (Å²) in [5.41, 5.74) is 1.83. The molecule has 3 rings (SSSR count). The van der Waals surface area contributed by atoms with Crippen molar-refractivity contribution < 1.29 is 14.3 Å². The lowest BCUT2D eigenvalue weighted by molar-refractivity contribution is -0.115. The Hall–Kier alpha value is -2.08. The number of anilines is 1. The molecule has 1 saturated heterocycles. The molecule has 1 amide bonds. The number of rotatable bonds is 7. The van der Waals surface area contributed by atoms with Gasteiger partial charge in [-0.1, -0.05) is 29.8 Å². The molecule has 140 valence electrons. The van der Waals surface area contributed by atoms with Crippen molar-refractivity contribution in [1.82, 2.24) is 5.32 Å². The normalized spacial score (nSPS) is 16.0. The molecule has 1 fully saturated rings. The van der Waals surface area contributed by atoms with E-state index in [4.69, 9.17) is 9.47 Å². The average Bonchev–Trinajstić information content (AvgIpc) is 3.12. The van der Waals surface area contributed by atoms with E-state index in [1.807, 2.05) is 55.5 Å². The number of ether oxygens (including phenoxy) is 2. The van der Waals surface area contributed by atoms with E-state index >= 15 is 0 Å². The molecule has 1 aliphatic heterocycles. The van der Waals surface area contributed by atoms with Crippen LogP contribution >= 0.6 is 12.4 Å². The lowest BCUT2D eigenvalue weighted by Crippen LogP contribution is -2.33. The van der Waals surface area contributed by atoms with Crippen molar-refractivity contribution in [3.8, 4) is 11.5 Å². The Balaban J connectivity index is 0.00000243. The first-order chi connectivity index (χ1) is 12.2. The summed E-state index contributed by atoms with van der Waals surface area (Å²) in [5, 5.41) is 6.05. The van der Waals surface area contributed by atoms with E-state index in [0.717, 1.165) is 25.2 Å². The molecule has 1 atom stereocenters. The lowest BCUT2D eigenvalue weighted by atomic mass is 10.2. The molecule has 1 aliphatic rings. The van der Waals surface area contributed by atoms with Gasteiger partial charge in [0, 0.05) is 13.2 Å². The van der Waals surface area contributed by atoms with Crippen molar-refractivity contribution in [2.45, 2.75) is 25.9 Å². The fourth-order valence-electron chi connectivity index (χ4n) is 2.74. The fourth-order valence-corrected chi connectivity index (χ4v) is 2.74. The number of benzene rings is 2. The van der Waals surface area contributed by atoms with E-state index < -0.39 is 0 Å². The van der Waals surface area contributed by atoms with Gasteiger partial charge >= 0.3 is 0 Å². The average molecular weight is 377 g/mol. The van der Waals surface area contributed by atoms with E-state index in [9.17, 15) is 4.79 Å². The van der Waals surface area contributed by atoms with Crippen LogP contribution in [-0.2, 0) is 9.53 Å². The molecule has 2 N–H and O–H groups in total. The zero-order chi connectivity index (χ0) is 17.5. The van der Waals surface area contributed by atoms with E-state index in [-0.39, 0.29) is 31.0 Å². The van der Waals surface area contributed by atoms with Gasteiger partial charge in [-0.2, -0.15) is 0 Å². The highest BCUT2D eigenvalue weighted by Gasteiger charge is 2.15. The van der Waals surface area contributed by atoms with Crippen LogP contribution in [0, 0.1) is 6.92 Å². The molecule has 0 spiro atoms. The van der Waals surface area contributed by atoms with E-state index in [1.165, 1.54) is 5.56 Å². The summed E-state index contributed by atoms with van der Waals surface area (Å²) in [4.78, 5) is 12.2. The zero-order valence-electron chi connectivity index (χ0n) is 14.9. The Morgan fingerprint density at radius 2 is 1.96 bits per heavy atom. The van der Waals surface area contributed by atoms with Crippen molar-refractivity contribution in [2.75, 3.05) is 25.0 Å². The van der Waals surface area contributed by atoms with Gasteiger partial charge in [0.1, 0.15) is 5.75 Å². The summed E-state index contributed by atoms with van der Waals surface area (Å²) in [7, 11) is 0. The number of nitrogens with one attached hydrogen (secondary N) is 2. The number of hydrogen-bond donors (Lipinski definition) is 2. The maximum Gasteiger partial charge on any atom is 0.238 e. The molecule has 0 aliphatic carbocycles. The van der Waals surface area contributed by atoms with Crippen molar-refractivity contribution in [3.05, 3.63) is 54.1 Å². The number of hydrogen-bond acceptors (Lipinski definition) is 4. The van der Waals surface area contributed by atoms with Gasteiger partial charge in [0.15, 0.2) is 5.75 Å². The van der Waals surface area contributed by atoms with Gasteiger partial charge in [-0.15, -0.1) is 12.4 Å². The minimum absolute atomic E-state index is 0. The van der Waals surface area contributed by atoms with Crippen molar-refractivity contribution >= 4 is 24.0 Å². The second kappa shape index (κ2) is 10.2. The van der Waals surface area contributed by atoms with Crippen LogP contribution in [-0.4, -0.2) is 31.7 Å². The van der Waals surface area contributed by atoms with Gasteiger partial charge in [0.2, 0.25) is 5.91 Å². The first kappa shape index (κ1) is 20.2. The number of amides is 1. The number of para-hydroxylation sites is 2. The Morgan fingerprint density at radius 3 is 2.69 bits per heavy atom. The SMILES string of the molecule is Cc1ccc(Oc2ccccc2NC(=O)CNCC2CCCO2)cc1.Cl. The quantitative estimate of drug-likeness (QED) is 0.769. The molecule has 0 bridgehead atoms. The highest BCUT2D eigenvalue weighted by atomic mass is 35.5. The van der Waals surface area contributed by atoms with Crippen LogP contribution in [0.15, 0.2) is 48.5 Å². The maximum absolute atomic E-state index is 12.2. The number of carbonyl (C=O) groups excluding carboxylic acids is 1. The molecule has 26 heavy (non-hydrogen) atoms. The third-order valence-corrected chi connectivity index (χ3v) is 4.09. The second-order valence-corrected chi connectivity index (χ2v) is 6.23. The molecule has 0 radical (unpaired) electrons. The minimum atomic E-state index is -0.0991. The lowest BCUT2D eigenvalue weighted by Gasteiger charge is -2.13. The number of aryl methyl sites for hydroxylation is 1. The summed E-state index contributed by atoms with van der Waals surface area (Å²) in [6, 6.07) is 15.2. The van der Waals surface area contributed by atoms with Gasteiger partial charge in [-0.25, -0.2) is 0 Å². The van der Waals surface area contributed by atoms with Crippen LogP contribution < -0.4 is 15.4 Å². The van der Waals surface area contributed by atoms with E-state index in [0.29, 0.717) is 18.0 Å². The van der Waals surface area contributed by atoms with Crippen LogP contribution in [0.4, 0.5) is 5.69 Å². The van der Waals surface area contributed by atoms with Gasteiger partial charge in [0.05, 0.1) is 18.3 Å². The highest BCUT2D eigenvalue weighted by Crippen LogP contribution is 2.29. The van der Waals surface area contributed by atoms with E-state index in [2.05, 4.69) is 10.6 Å². The zero-order valence-corrected chi connectivity index (χ0v) is 15.7. The molecule has 2 aromatic carbocycles. The predicted molar refractivity (Wildman–Crippen MR) is 105 cm³/mol. The maximum atomic E-state index is 12.2. The van der Waals surface area contributed by atoms with Gasteiger partial charge in [-0.05, 0) is 44.0 Å². The van der Waals surface area contributed by atoms with Gasteiger partial charge in [-0.3, -0.25) is 4.79 Å². The molecule has 1 unspecified atom stereocenters. The first-order valence-corrected chi connectivity index (χ1v) is 8.66. The molecule has 5 nitrogen and oxygen atoms in total. The molecule has 2 aromatic rings. The summed E-state index contributed by atoms with van der Waals surface area (Å²) >= 11 is 0. The number of halogens is 1.